The molecule has 3 nitrogen and oxygen atoms in total. The highest BCUT2D eigenvalue weighted by molar-refractivity contribution is 8.14. The van der Waals surface area contributed by atoms with Crippen molar-refractivity contribution in [3.8, 4) is 0 Å². The van der Waals surface area contributed by atoms with Crippen LogP contribution in [0.3, 0.4) is 0 Å². The summed E-state index contributed by atoms with van der Waals surface area (Å²) in [4.78, 5) is 23.0. The summed E-state index contributed by atoms with van der Waals surface area (Å²) >= 11 is 7.23. The van der Waals surface area contributed by atoms with E-state index in [-0.39, 0.29) is 17.1 Å². The van der Waals surface area contributed by atoms with Crippen molar-refractivity contribution < 1.29 is 9.59 Å². The quantitative estimate of drug-likeness (QED) is 0.866. The van der Waals surface area contributed by atoms with Crippen LogP contribution in [0.5, 0.6) is 0 Å². The van der Waals surface area contributed by atoms with Crippen LogP contribution in [0.25, 0.3) is 6.08 Å². The molecular weight excluding hydrogens is 270 g/mol. The maximum Gasteiger partial charge on any atom is 0.244 e. The first kappa shape index (κ1) is 13.2. The Morgan fingerprint density at radius 2 is 2.22 bits per heavy atom. The molecular formula is C13H12ClNO2S. The van der Waals surface area contributed by atoms with Gasteiger partial charge in [0.05, 0.1) is 6.04 Å². The standard InChI is InChI=1S/C13H12ClNO2S/c14-10-4-2-1-3-9(10)5-6-12(16)15-11-7-8-18-13(11)17/h1-6,11H,7-8H2,(H,15,16). The molecule has 0 bridgehead atoms. The molecule has 0 saturated carbocycles. The van der Waals surface area contributed by atoms with Gasteiger partial charge in [0, 0.05) is 16.9 Å². The lowest BCUT2D eigenvalue weighted by molar-refractivity contribution is -0.120. The van der Waals surface area contributed by atoms with Gasteiger partial charge < -0.3 is 5.32 Å². The molecule has 1 aliphatic rings. The molecule has 94 valence electrons. The Bertz CT molecular complexity index is 502. The molecule has 1 fully saturated rings. The molecule has 1 saturated heterocycles. The molecule has 0 aromatic heterocycles. The number of carbonyl (C=O) groups excluding carboxylic acids is 2. The Hall–Kier alpha value is -1.26. The van der Waals surface area contributed by atoms with Gasteiger partial charge in [0.1, 0.15) is 0 Å². The van der Waals surface area contributed by atoms with Crippen LogP contribution in [0.4, 0.5) is 0 Å². The van der Waals surface area contributed by atoms with Crippen LogP contribution in [0.2, 0.25) is 5.02 Å². The Morgan fingerprint density at radius 1 is 1.44 bits per heavy atom. The monoisotopic (exact) mass is 281 g/mol. The summed E-state index contributed by atoms with van der Waals surface area (Å²) in [5.74, 6) is 0.508. The van der Waals surface area contributed by atoms with E-state index in [1.165, 1.54) is 17.8 Å². The molecule has 1 aliphatic heterocycles. The number of amides is 1. The molecule has 18 heavy (non-hydrogen) atoms. The number of rotatable bonds is 3. The number of halogens is 1. The predicted molar refractivity (Wildman–Crippen MR) is 74.5 cm³/mol. The Kier molecular flexibility index (Phi) is 4.44. The van der Waals surface area contributed by atoms with E-state index in [1.54, 1.807) is 12.1 Å². The summed E-state index contributed by atoms with van der Waals surface area (Å²) in [6, 6.07) is 6.91. The molecule has 5 heteroatoms. The molecule has 0 radical (unpaired) electrons. The molecule has 1 unspecified atom stereocenters. The lowest BCUT2D eigenvalue weighted by Crippen LogP contribution is -2.35. The second kappa shape index (κ2) is 6.07. The van der Waals surface area contributed by atoms with Gasteiger partial charge in [0.15, 0.2) is 0 Å². The first-order chi connectivity index (χ1) is 8.66. The summed E-state index contributed by atoms with van der Waals surface area (Å²) in [5.41, 5.74) is 0.779. The normalized spacial score (nSPS) is 19.4. The number of thioether (sulfide) groups is 1. The second-order valence-electron chi connectivity index (χ2n) is 3.87. The Labute approximate surface area is 115 Å². The lowest BCUT2D eigenvalue weighted by Gasteiger charge is -2.07. The molecule has 0 aliphatic carbocycles. The first-order valence-corrected chi connectivity index (χ1v) is 6.93. The van der Waals surface area contributed by atoms with Crippen molar-refractivity contribution in [1.82, 2.24) is 5.32 Å². The fraction of sp³-hybridized carbons (Fsp3) is 0.231. The van der Waals surface area contributed by atoms with Crippen LogP contribution in [0.15, 0.2) is 30.3 Å². The summed E-state index contributed by atoms with van der Waals surface area (Å²) < 4.78 is 0. The topological polar surface area (TPSA) is 46.2 Å². The number of hydrogen-bond acceptors (Lipinski definition) is 3. The first-order valence-electron chi connectivity index (χ1n) is 5.56. The zero-order valence-corrected chi connectivity index (χ0v) is 11.1. The van der Waals surface area contributed by atoms with Crippen LogP contribution >= 0.6 is 23.4 Å². The third-order valence-corrected chi connectivity index (χ3v) is 3.92. The zero-order chi connectivity index (χ0) is 13.0. The third kappa shape index (κ3) is 3.37. The summed E-state index contributed by atoms with van der Waals surface area (Å²) in [6.45, 7) is 0. The van der Waals surface area contributed by atoms with Gasteiger partial charge in [0.2, 0.25) is 11.0 Å². The van der Waals surface area contributed by atoms with Gasteiger partial charge in [-0.3, -0.25) is 9.59 Å². The SMILES string of the molecule is O=C(C=Cc1ccccc1Cl)NC1CCSC1=O. The Morgan fingerprint density at radius 3 is 2.89 bits per heavy atom. The molecule has 1 amide bonds. The number of benzene rings is 1. The average molecular weight is 282 g/mol. The third-order valence-electron chi connectivity index (χ3n) is 2.57. The molecule has 1 N–H and O–H groups in total. The fourth-order valence-corrected chi connectivity index (χ4v) is 2.75. The molecule has 1 aromatic carbocycles. The molecule has 2 rings (SSSR count). The molecule has 1 atom stereocenters. The van der Waals surface area contributed by atoms with Crippen molar-refractivity contribution in [2.24, 2.45) is 0 Å². The molecule has 0 spiro atoms. The highest BCUT2D eigenvalue weighted by Crippen LogP contribution is 2.19. The number of nitrogens with one attached hydrogen (secondary N) is 1. The van der Waals surface area contributed by atoms with E-state index in [1.807, 2.05) is 18.2 Å². The van der Waals surface area contributed by atoms with Crippen LogP contribution in [0, 0.1) is 0 Å². The van der Waals surface area contributed by atoms with Gasteiger partial charge in [-0.25, -0.2) is 0 Å². The molecule has 1 aromatic rings. The van der Waals surface area contributed by atoms with Gasteiger partial charge in [-0.15, -0.1) is 0 Å². The van der Waals surface area contributed by atoms with E-state index in [9.17, 15) is 9.59 Å². The minimum atomic E-state index is -0.349. The van der Waals surface area contributed by atoms with Crippen LogP contribution in [0.1, 0.15) is 12.0 Å². The van der Waals surface area contributed by atoms with Crippen molar-refractivity contribution >= 4 is 40.5 Å². The maximum atomic E-state index is 11.6. The van der Waals surface area contributed by atoms with Crippen molar-refractivity contribution in [3.05, 3.63) is 40.9 Å². The van der Waals surface area contributed by atoms with E-state index in [4.69, 9.17) is 11.6 Å². The summed E-state index contributed by atoms with van der Waals surface area (Å²) in [5, 5.41) is 3.31. The van der Waals surface area contributed by atoms with E-state index >= 15 is 0 Å². The highest BCUT2D eigenvalue weighted by atomic mass is 35.5. The summed E-state index contributed by atoms with van der Waals surface area (Å²) in [6.07, 6.45) is 3.75. The smallest absolute Gasteiger partial charge is 0.244 e. The van der Waals surface area contributed by atoms with Crippen molar-refractivity contribution in [1.29, 1.82) is 0 Å². The van der Waals surface area contributed by atoms with E-state index in [2.05, 4.69) is 5.32 Å². The molecule has 1 heterocycles. The van der Waals surface area contributed by atoms with Gasteiger partial charge in [-0.2, -0.15) is 0 Å². The predicted octanol–water partition coefficient (Wildman–Crippen LogP) is 2.50. The highest BCUT2D eigenvalue weighted by Gasteiger charge is 2.25. The Balaban J connectivity index is 1.95. The summed E-state index contributed by atoms with van der Waals surface area (Å²) in [7, 11) is 0. The fourth-order valence-electron chi connectivity index (χ4n) is 1.62. The van der Waals surface area contributed by atoms with Crippen LogP contribution in [-0.4, -0.2) is 22.8 Å². The number of hydrogen-bond donors (Lipinski definition) is 1. The zero-order valence-electron chi connectivity index (χ0n) is 9.56. The number of carbonyl (C=O) groups is 2. The van der Waals surface area contributed by atoms with Crippen molar-refractivity contribution in [2.75, 3.05) is 5.75 Å². The van der Waals surface area contributed by atoms with Crippen LogP contribution in [-0.2, 0) is 9.59 Å². The largest absolute Gasteiger partial charge is 0.342 e. The second-order valence-corrected chi connectivity index (χ2v) is 5.38. The van der Waals surface area contributed by atoms with Crippen LogP contribution < -0.4 is 5.32 Å². The lowest BCUT2D eigenvalue weighted by atomic mass is 10.2. The average Bonchev–Trinajstić information content (AvgIpc) is 2.74. The van der Waals surface area contributed by atoms with E-state index in [0.717, 1.165) is 11.3 Å². The van der Waals surface area contributed by atoms with Gasteiger partial charge in [-0.05, 0) is 24.1 Å². The minimum absolute atomic E-state index is 0.0366. The van der Waals surface area contributed by atoms with Gasteiger partial charge >= 0.3 is 0 Å². The van der Waals surface area contributed by atoms with Crippen molar-refractivity contribution in [2.45, 2.75) is 12.5 Å². The van der Waals surface area contributed by atoms with E-state index < -0.39 is 0 Å². The van der Waals surface area contributed by atoms with Gasteiger partial charge in [0.25, 0.3) is 0 Å². The van der Waals surface area contributed by atoms with Crippen molar-refractivity contribution in [3.63, 3.8) is 0 Å². The minimum Gasteiger partial charge on any atom is -0.342 e. The van der Waals surface area contributed by atoms with Gasteiger partial charge in [-0.1, -0.05) is 41.6 Å². The van der Waals surface area contributed by atoms with E-state index in [0.29, 0.717) is 11.4 Å². The maximum absolute atomic E-state index is 11.6.